The number of morpholine rings is 1. The van der Waals surface area contributed by atoms with Crippen LogP contribution < -0.4 is 4.90 Å². The average molecular weight is 252 g/mol. The van der Waals surface area contributed by atoms with Crippen LogP contribution in [0.2, 0.25) is 0 Å². The zero-order valence-electron chi connectivity index (χ0n) is 9.50. The maximum Gasteiger partial charge on any atom is 0.354 e. The van der Waals surface area contributed by atoms with E-state index in [0.29, 0.717) is 32.0 Å². The highest BCUT2D eigenvalue weighted by molar-refractivity contribution is 5.91. The first-order valence-electron chi connectivity index (χ1n) is 5.39. The van der Waals surface area contributed by atoms with Gasteiger partial charge in [0.15, 0.2) is 11.4 Å². The Morgan fingerprint density at radius 1 is 1.11 bits per heavy atom. The van der Waals surface area contributed by atoms with Crippen LogP contribution in [0.15, 0.2) is 12.1 Å². The Labute approximate surface area is 103 Å². The number of aromatic nitrogens is 1. The van der Waals surface area contributed by atoms with Crippen molar-refractivity contribution >= 4 is 17.6 Å². The van der Waals surface area contributed by atoms with Crippen LogP contribution in [0.4, 0.5) is 5.69 Å². The summed E-state index contributed by atoms with van der Waals surface area (Å²) in [6, 6.07) is 2.75. The Balaban J connectivity index is 2.38. The van der Waals surface area contributed by atoms with Crippen LogP contribution in [0.1, 0.15) is 21.0 Å². The molecular formula is C11H12N2O5. The number of hydrogen-bond acceptors (Lipinski definition) is 5. The molecule has 96 valence electrons. The predicted molar refractivity (Wildman–Crippen MR) is 61.2 cm³/mol. The molecule has 0 atom stereocenters. The zero-order valence-corrected chi connectivity index (χ0v) is 9.50. The normalized spacial score (nSPS) is 15.4. The summed E-state index contributed by atoms with van der Waals surface area (Å²) in [5, 5.41) is 17.8. The fourth-order valence-electron chi connectivity index (χ4n) is 1.74. The van der Waals surface area contributed by atoms with Crippen LogP contribution >= 0.6 is 0 Å². The summed E-state index contributed by atoms with van der Waals surface area (Å²) < 4.78 is 5.19. The SMILES string of the molecule is O=C(O)c1cc(N2CCOCC2)cc(C(=O)O)n1. The van der Waals surface area contributed by atoms with Crippen LogP contribution in [0.25, 0.3) is 0 Å². The van der Waals surface area contributed by atoms with Gasteiger partial charge in [-0.2, -0.15) is 0 Å². The van der Waals surface area contributed by atoms with E-state index in [9.17, 15) is 9.59 Å². The third-order valence-electron chi connectivity index (χ3n) is 2.62. The molecule has 1 fully saturated rings. The van der Waals surface area contributed by atoms with Crippen molar-refractivity contribution in [3.05, 3.63) is 23.5 Å². The molecule has 2 heterocycles. The first-order chi connectivity index (χ1) is 8.58. The summed E-state index contributed by atoms with van der Waals surface area (Å²) in [4.78, 5) is 27.3. The molecule has 0 bridgehead atoms. The highest BCUT2D eigenvalue weighted by atomic mass is 16.5. The third-order valence-corrected chi connectivity index (χ3v) is 2.62. The maximum atomic E-state index is 10.9. The largest absolute Gasteiger partial charge is 0.477 e. The number of rotatable bonds is 3. The Morgan fingerprint density at radius 2 is 1.61 bits per heavy atom. The molecular weight excluding hydrogens is 240 g/mol. The molecule has 0 aromatic carbocycles. The molecule has 0 saturated carbocycles. The summed E-state index contributed by atoms with van der Waals surface area (Å²) in [7, 11) is 0. The standard InChI is InChI=1S/C11H12N2O5/c14-10(15)8-5-7(6-9(12-8)11(16)17)13-1-3-18-4-2-13/h5-6H,1-4H2,(H,14,15)(H,16,17). The Bertz CT molecular complexity index is 450. The van der Waals surface area contributed by atoms with E-state index in [2.05, 4.69) is 4.98 Å². The summed E-state index contributed by atoms with van der Waals surface area (Å²) in [6.07, 6.45) is 0. The van der Waals surface area contributed by atoms with E-state index in [1.165, 1.54) is 12.1 Å². The minimum absolute atomic E-state index is 0.267. The van der Waals surface area contributed by atoms with E-state index >= 15 is 0 Å². The summed E-state index contributed by atoms with van der Waals surface area (Å²) in [5.74, 6) is -2.49. The van der Waals surface area contributed by atoms with Crippen LogP contribution in [0, 0.1) is 0 Å². The monoisotopic (exact) mass is 252 g/mol. The average Bonchev–Trinajstić information content (AvgIpc) is 2.39. The number of pyridine rings is 1. The van der Waals surface area contributed by atoms with E-state index in [4.69, 9.17) is 14.9 Å². The predicted octanol–water partition coefficient (Wildman–Crippen LogP) is 0.315. The summed E-state index contributed by atoms with van der Waals surface area (Å²) in [5.41, 5.74) is 0.0101. The molecule has 0 spiro atoms. The fraction of sp³-hybridized carbons (Fsp3) is 0.364. The van der Waals surface area contributed by atoms with Gasteiger partial charge in [0.2, 0.25) is 0 Å². The van der Waals surface area contributed by atoms with Gasteiger partial charge in [-0.25, -0.2) is 14.6 Å². The minimum Gasteiger partial charge on any atom is -0.477 e. The molecule has 0 amide bonds. The number of anilines is 1. The molecule has 18 heavy (non-hydrogen) atoms. The van der Waals surface area contributed by atoms with Crippen molar-refractivity contribution in [1.29, 1.82) is 0 Å². The van der Waals surface area contributed by atoms with E-state index in [1.807, 2.05) is 4.90 Å². The van der Waals surface area contributed by atoms with Crippen LogP contribution in [-0.2, 0) is 4.74 Å². The van der Waals surface area contributed by atoms with Crippen molar-refractivity contribution in [3.8, 4) is 0 Å². The second-order valence-corrected chi connectivity index (χ2v) is 3.81. The van der Waals surface area contributed by atoms with Gasteiger partial charge < -0.3 is 19.8 Å². The van der Waals surface area contributed by atoms with Crippen molar-refractivity contribution in [3.63, 3.8) is 0 Å². The van der Waals surface area contributed by atoms with Crippen molar-refractivity contribution < 1.29 is 24.5 Å². The second kappa shape index (κ2) is 5.01. The Morgan fingerprint density at radius 3 is 2.06 bits per heavy atom. The lowest BCUT2D eigenvalue weighted by Crippen LogP contribution is -2.36. The Hall–Kier alpha value is -2.15. The van der Waals surface area contributed by atoms with Gasteiger partial charge in [-0.05, 0) is 12.1 Å². The Kier molecular flexibility index (Phi) is 3.42. The number of carbonyl (C=O) groups is 2. The van der Waals surface area contributed by atoms with Gasteiger partial charge in [-0.15, -0.1) is 0 Å². The molecule has 0 aliphatic carbocycles. The molecule has 1 saturated heterocycles. The maximum absolute atomic E-state index is 10.9. The van der Waals surface area contributed by atoms with Gasteiger partial charge in [-0.3, -0.25) is 0 Å². The highest BCUT2D eigenvalue weighted by Gasteiger charge is 2.18. The molecule has 1 aromatic rings. The lowest BCUT2D eigenvalue weighted by Gasteiger charge is -2.29. The van der Waals surface area contributed by atoms with E-state index < -0.39 is 11.9 Å². The van der Waals surface area contributed by atoms with Crippen molar-refractivity contribution in [2.45, 2.75) is 0 Å². The van der Waals surface area contributed by atoms with Gasteiger partial charge in [0.05, 0.1) is 13.2 Å². The van der Waals surface area contributed by atoms with Crippen LogP contribution in [-0.4, -0.2) is 53.4 Å². The molecule has 1 aliphatic heterocycles. The van der Waals surface area contributed by atoms with Gasteiger partial charge in [0.25, 0.3) is 0 Å². The molecule has 1 aliphatic rings. The lowest BCUT2D eigenvalue weighted by atomic mass is 10.2. The quantitative estimate of drug-likeness (QED) is 0.798. The molecule has 0 unspecified atom stereocenters. The number of hydrogen-bond donors (Lipinski definition) is 2. The molecule has 7 nitrogen and oxygen atoms in total. The number of aromatic carboxylic acids is 2. The van der Waals surface area contributed by atoms with Gasteiger partial charge in [0.1, 0.15) is 0 Å². The van der Waals surface area contributed by atoms with Crippen molar-refractivity contribution in [2.75, 3.05) is 31.2 Å². The first kappa shape index (κ1) is 12.3. The number of ether oxygens (including phenoxy) is 1. The molecule has 7 heteroatoms. The highest BCUT2D eigenvalue weighted by Crippen LogP contribution is 2.18. The van der Waals surface area contributed by atoms with Gasteiger partial charge >= 0.3 is 11.9 Å². The minimum atomic E-state index is -1.24. The zero-order chi connectivity index (χ0) is 13.1. The van der Waals surface area contributed by atoms with E-state index in [1.54, 1.807) is 0 Å². The molecule has 2 rings (SSSR count). The van der Waals surface area contributed by atoms with E-state index in [0.717, 1.165) is 0 Å². The van der Waals surface area contributed by atoms with Gasteiger partial charge in [0, 0.05) is 18.8 Å². The summed E-state index contributed by atoms with van der Waals surface area (Å²) in [6.45, 7) is 2.27. The molecule has 2 N–H and O–H groups in total. The first-order valence-corrected chi connectivity index (χ1v) is 5.39. The van der Waals surface area contributed by atoms with Crippen LogP contribution in [0.5, 0.6) is 0 Å². The van der Waals surface area contributed by atoms with Crippen molar-refractivity contribution in [2.24, 2.45) is 0 Å². The second-order valence-electron chi connectivity index (χ2n) is 3.81. The number of carboxylic acids is 2. The lowest BCUT2D eigenvalue weighted by molar-refractivity contribution is 0.0685. The smallest absolute Gasteiger partial charge is 0.354 e. The molecule has 1 aromatic heterocycles. The summed E-state index contributed by atoms with van der Waals surface area (Å²) >= 11 is 0. The van der Waals surface area contributed by atoms with Gasteiger partial charge in [-0.1, -0.05) is 0 Å². The number of carboxylic acid groups (broad SMARTS) is 2. The van der Waals surface area contributed by atoms with Crippen molar-refractivity contribution in [1.82, 2.24) is 4.98 Å². The molecule has 0 radical (unpaired) electrons. The van der Waals surface area contributed by atoms with E-state index in [-0.39, 0.29) is 11.4 Å². The number of nitrogens with zero attached hydrogens (tertiary/aromatic N) is 2. The van der Waals surface area contributed by atoms with Crippen LogP contribution in [0.3, 0.4) is 0 Å². The topological polar surface area (TPSA) is 100.0 Å². The fourth-order valence-corrected chi connectivity index (χ4v) is 1.74. The third kappa shape index (κ3) is 2.57.